The molecule has 0 spiro atoms. The number of hydrogen-bond donors (Lipinski definition) is 1. The Balaban J connectivity index is 1.52. The molecule has 1 heterocycles. The molecule has 6 heteroatoms. The van der Waals surface area contributed by atoms with Crippen LogP contribution < -0.4 is 0 Å². The lowest BCUT2D eigenvalue weighted by Crippen LogP contribution is -2.15. The second-order valence-corrected chi connectivity index (χ2v) is 10.2. The number of halogens is 2. The molecular weight excluding hydrogens is 481 g/mol. The number of fused-ring (bicyclic) bond motifs is 3. The van der Waals surface area contributed by atoms with Gasteiger partial charge in [0.05, 0.1) is 21.5 Å². The van der Waals surface area contributed by atoms with Crippen molar-refractivity contribution in [2.24, 2.45) is 0 Å². The van der Waals surface area contributed by atoms with Crippen molar-refractivity contribution in [3.05, 3.63) is 111 Å². The lowest BCUT2D eigenvalue weighted by Gasteiger charge is -2.22. The predicted octanol–water partition coefficient (Wildman–Crippen LogP) is 7.98. The fourth-order valence-corrected chi connectivity index (χ4v) is 5.54. The molecule has 3 nitrogen and oxygen atoms in total. The molecule has 3 aromatic carbocycles. The average molecular weight is 502 g/mol. The summed E-state index contributed by atoms with van der Waals surface area (Å²) in [6.45, 7) is 1.72. The van der Waals surface area contributed by atoms with Gasteiger partial charge in [-0.2, -0.15) is 0 Å². The van der Waals surface area contributed by atoms with Crippen molar-refractivity contribution >= 4 is 64.5 Å². The fraction of sp³-hybridized carbons (Fsp3) is 0.103. The summed E-state index contributed by atoms with van der Waals surface area (Å²) >= 11 is 7.36. The first-order valence-electron chi connectivity index (χ1n) is 11.1. The lowest BCUT2D eigenvalue weighted by atomic mass is 9.97. The molecule has 35 heavy (non-hydrogen) atoms. The van der Waals surface area contributed by atoms with E-state index in [0.29, 0.717) is 10.9 Å². The van der Waals surface area contributed by atoms with Crippen molar-refractivity contribution in [2.45, 2.75) is 17.4 Å². The summed E-state index contributed by atoms with van der Waals surface area (Å²) in [6, 6.07) is 20.9. The van der Waals surface area contributed by atoms with Crippen LogP contribution in [0, 0.1) is 5.82 Å². The van der Waals surface area contributed by atoms with Crippen LogP contribution in [0.25, 0.3) is 35.2 Å². The molecule has 2 atom stereocenters. The number of thioether (sulfide) groups is 1. The molecule has 1 aliphatic rings. The second kappa shape index (κ2) is 9.68. The minimum atomic E-state index is -0.829. The Kier molecular flexibility index (Phi) is 6.46. The predicted molar refractivity (Wildman–Crippen MR) is 144 cm³/mol. The third kappa shape index (κ3) is 4.88. The monoisotopic (exact) mass is 501 g/mol. The van der Waals surface area contributed by atoms with Gasteiger partial charge in [0, 0.05) is 5.39 Å². The van der Waals surface area contributed by atoms with E-state index >= 15 is 0 Å². The molecule has 0 bridgehead atoms. The van der Waals surface area contributed by atoms with Crippen molar-refractivity contribution < 1.29 is 14.3 Å². The summed E-state index contributed by atoms with van der Waals surface area (Å²) in [6.07, 6.45) is 8.05. The molecular formula is C29H21ClFNO2S. The molecule has 0 fully saturated rings. The number of rotatable bonds is 5. The van der Waals surface area contributed by atoms with Crippen LogP contribution in [0.15, 0.2) is 66.7 Å². The van der Waals surface area contributed by atoms with Gasteiger partial charge in [-0.15, -0.1) is 11.8 Å². The number of aromatic nitrogens is 1. The molecule has 0 saturated carbocycles. The Hall–Kier alpha value is -3.41. The summed E-state index contributed by atoms with van der Waals surface area (Å²) in [5, 5.41) is 9.62. The van der Waals surface area contributed by atoms with E-state index < -0.39 is 17.0 Å². The van der Waals surface area contributed by atoms with E-state index in [2.05, 4.69) is 41.4 Å². The number of hydrogen-bond acceptors (Lipinski definition) is 3. The number of aliphatic carboxylic acids is 1. The van der Waals surface area contributed by atoms with Crippen LogP contribution in [-0.4, -0.2) is 21.3 Å². The lowest BCUT2D eigenvalue weighted by molar-refractivity contribution is -0.136. The summed E-state index contributed by atoms with van der Waals surface area (Å²) in [7, 11) is 0. The highest BCUT2D eigenvalue weighted by molar-refractivity contribution is 8.01. The van der Waals surface area contributed by atoms with Gasteiger partial charge in [0.15, 0.2) is 0 Å². The fourth-order valence-electron chi connectivity index (χ4n) is 4.14. The first kappa shape index (κ1) is 23.3. The minimum absolute atomic E-state index is 0.0457. The molecule has 0 radical (unpaired) electrons. The molecule has 5 rings (SSSR count). The molecule has 1 aliphatic carbocycles. The van der Waals surface area contributed by atoms with Crippen LogP contribution in [0.1, 0.15) is 45.7 Å². The molecule has 2 unspecified atom stereocenters. The van der Waals surface area contributed by atoms with Gasteiger partial charge >= 0.3 is 5.97 Å². The van der Waals surface area contributed by atoms with Gasteiger partial charge < -0.3 is 5.11 Å². The zero-order valence-corrected chi connectivity index (χ0v) is 20.4. The minimum Gasteiger partial charge on any atom is -0.480 e. The Bertz CT molecular complexity index is 1510. The van der Waals surface area contributed by atoms with Crippen LogP contribution in [0.4, 0.5) is 4.39 Å². The zero-order valence-electron chi connectivity index (χ0n) is 18.8. The second-order valence-electron chi connectivity index (χ2n) is 8.38. The van der Waals surface area contributed by atoms with Gasteiger partial charge in [-0.05, 0) is 65.1 Å². The van der Waals surface area contributed by atoms with Crippen molar-refractivity contribution in [3.63, 3.8) is 0 Å². The van der Waals surface area contributed by atoms with Crippen molar-refractivity contribution in [2.75, 3.05) is 0 Å². The maximum absolute atomic E-state index is 13.7. The van der Waals surface area contributed by atoms with E-state index in [4.69, 9.17) is 11.6 Å². The molecule has 0 aliphatic heterocycles. The molecule has 0 saturated heterocycles. The molecule has 4 aromatic rings. The molecule has 0 amide bonds. The summed E-state index contributed by atoms with van der Waals surface area (Å²) in [5.74, 6) is -1.29. The normalized spacial score (nSPS) is 15.6. The van der Waals surface area contributed by atoms with Crippen molar-refractivity contribution in [1.82, 2.24) is 4.98 Å². The number of pyridine rings is 1. The van der Waals surface area contributed by atoms with Gasteiger partial charge in [0.1, 0.15) is 11.1 Å². The van der Waals surface area contributed by atoms with Gasteiger partial charge in [0.2, 0.25) is 0 Å². The van der Waals surface area contributed by atoms with Crippen LogP contribution in [0.5, 0.6) is 0 Å². The number of carboxylic acids is 1. The van der Waals surface area contributed by atoms with Gasteiger partial charge in [-0.25, -0.2) is 9.37 Å². The highest BCUT2D eigenvalue weighted by Crippen LogP contribution is 2.44. The maximum atomic E-state index is 13.7. The Morgan fingerprint density at radius 2 is 1.80 bits per heavy atom. The van der Waals surface area contributed by atoms with Gasteiger partial charge in [0.25, 0.3) is 0 Å². The first-order chi connectivity index (χ1) is 16.9. The number of nitrogens with zero attached hydrogens (tertiary/aromatic N) is 1. The topological polar surface area (TPSA) is 50.2 Å². The van der Waals surface area contributed by atoms with E-state index in [-0.39, 0.29) is 10.3 Å². The van der Waals surface area contributed by atoms with Crippen LogP contribution >= 0.6 is 23.4 Å². The van der Waals surface area contributed by atoms with E-state index in [1.807, 2.05) is 42.5 Å². The standard InChI is InChI=1S/C29H21ClFNO2S/c1-17(29(33)34)35-28-23-5-3-2-4-19(23)9-10-20-8-6-18(14-24(20)28)7-12-22-13-11-21-15-26(31)25(30)16-27(21)32-22/h2-17,28H,1H3,(H,33,34). The third-order valence-corrected chi connectivity index (χ3v) is 7.68. The number of carbonyl (C=O) groups is 1. The Labute approximate surface area is 212 Å². The van der Waals surface area contributed by atoms with Crippen LogP contribution in [-0.2, 0) is 4.79 Å². The van der Waals surface area contributed by atoms with E-state index in [0.717, 1.165) is 33.5 Å². The zero-order chi connectivity index (χ0) is 24.5. The van der Waals surface area contributed by atoms with Crippen molar-refractivity contribution in [3.8, 4) is 0 Å². The molecule has 1 N–H and O–H groups in total. The third-order valence-electron chi connectivity index (χ3n) is 6.00. The highest BCUT2D eigenvalue weighted by atomic mass is 35.5. The van der Waals surface area contributed by atoms with E-state index in [1.54, 1.807) is 6.92 Å². The van der Waals surface area contributed by atoms with E-state index in [1.165, 1.54) is 23.9 Å². The summed E-state index contributed by atoms with van der Waals surface area (Å²) in [5.41, 5.74) is 6.65. The molecule has 1 aromatic heterocycles. The SMILES string of the molecule is CC(SC1c2ccccc2C=Cc2ccc(C=Cc3ccc4cc(F)c(Cl)cc4n3)cc21)C(=O)O. The highest BCUT2D eigenvalue weighted by Gasteiger charge is 2.26. The van der Waals surface area contributed by atoms with Crippen LogP contribution in [0.2, 0.25) is 5.02 Å². The maximum Gasteiger partial charge on any atom is 0.316 e. The summed E-state index contributed by atoms with van der Waals surface area (Å²) in [4.78, 5) is 16.2. The van der Waals surface area contributed by atoms with Crippen LogP contribution in [0.3, 0.4) is 0 Å². The Morgan fingerprint density at radius 1 is 1.03 bits per heavy atom. The van der Waals surface area contributed by atoms with E-state index in [9.17, 15) is 14.3 Å². The van der Waals surface area contributed by atoms with Gasteiger partial charge in [-0.1, -0.05) is 72.3 Å². The Morgan fingerprint density at radius 3 is 2.60 bits per heavy atom. The first-order valence-corrected chi connectivity index (χ1v) is 12.4. The largest absolute Gasteiger partial charge is 0.480 e. The number of benzene rings is 3. The number of carboxylic acid groups (broad SMARTS) is 1. The summed E-state index contributed by atoms with van der Waals surface area (Å²) < 4.78 is 13.7. The average Bonchev–Trinajstić information content (AvgIpc) is 3.00. The van der Waals surface area contributed by atoms with Gasteiger partial charge in [-0.3, -0.25) is 4.79 Å². The van der Waals surface area contributed by atoms with Crippen molar-refractivity contribution in [1.29, 1.82) is 0 Å². The smallest absolute Gasteiger partial charge is 0.316 e. The quantitative estimate of drug-likeness (QED) is 0.301. The molecule has 174 valence electrons.